The fourth-order valence-corrected chi connectivity index (χ4v) is 5.43. The highest BCUT2D eigenvalue weighted by molar-refractivity contribution is 5.72. The van der Waals surface area contributed by atoms with Gasteiger partial charge in [-0.15, -0.1) is 0 Å². The van der Waals surface area contributed by atoms with Gasteiger partial charge in [0.25, 0.3) is 0 Å². The van der Waals surface area contributed by atoms with Crippen molar-refractivity contribution in [3.8, 4) is 11.5 Å². The van der Waals surface area contributed by atoms with Gasteiger partial charge in [-0.3, -0.25) is 0 Å². The van der Waals surface area contributed by atoms with E-state index in [0.717, 1.165) is 59.5 Å². The predicted molar refractivity (Wildman–Crippen MR) is 146 cm³/mol. The number of hydrogen-bond acceptors (Lipinski definition) is 3. The summed E-state index contributed by atoms with van der Waals surface area (Å²) in [5, 5.41) is 9.26. The van der Waals surface area contributed by atoms with Crippen molar-refractivity contribution in [1.29, 1.82) is 0 Å². The molecule has 0 fully saturated rings. The van der Waals surface area contributed by atoms with E-state index in [2.05, 4.69) is 34.6 Å². The molecule has 4 atom stereocenters. The molecule has 0 amide bonds. The van der Waals surface area contributed by atoms with Crippen molar-refractivity contribution < 1.29 is 19.4 Å². The molecule has 4 heteroatoms. The van der Waals surface area contributed by atoms with Crippen molar-refractivity contribution in [2.75, 3.05) is 0 Å². The van der Waals surface area contributed by atoms with E-state index < -0.39 is 12.1 Å². The first-order chi connectivity index (χ1) is 16.5. The van der Waals surface area contributed by atoms with E-state index in [-0.39, 0.29) is 6.10 Å². The number of carbonyl (C=O) groups is 1. The van der Waals surface area contributed by atoms with E-state index in [9.17, 15) is 9.90 Å². The zero-order valence-electron chi connectivity index (χ0n) is 23.8. The van der Waals surface area contributed by atoms with E-state index in [4.69, 9.17) is 9.47 Å². The number of aliphatic carboxylic acids is 1. The molecule has 0 saturated carbocycles. The van der Waals surface area contributed by atoms with Gasteiger partial charge in [-0.1, -0.05) is 72.6 Å². The molecule has 1 aliphatic heterocycles. The summed E-state index contributed by atoms with van der Waals surface area (Å²) in [6.45, 7) is 17.2. The molecule has 1 aromatic rings. The number of carboxylic acid groups (broad SMARTS) is 1. The summed E-state index contributed by atoms with van der Waals surface area (Å²) < 4.78 is 12.3. The van der Waals surface area contributed by atoms with E-state index in [0.29, 0.717) is 5.75 Å². The summed E-state index contributed by atoms with van der Waals surface area (Å²) >= 11 is 0. The summed E-state index contributed by atoms with van der Waals surface area (Å²) in [5.74, 6) is 3.26. The fourth-order valence-electron chi connectivity index (χ4n) is 5.43. The molecule has 0 aliphatic carbocycles. The number of ether oxygens (including phenoxy) is 2. The molecule has 4 nitrogen and oxygen atoms in total. The summed E-state index contributed by atoms with van der Waals surface area (Å²) in [5.41, 5.74) is 4.29. The molecule has 1 aromatic carbocycles. The molecule has 1 heterocycles. The molecule has 0 bridgehead atoms. The van der Waals surface area contributed by atoms with Gasteiger partial charge in [-0.25, -0.2) is 4.79 Å². The number of carboxylic acids is 1. The van der Waals surface area contributed by atoms with Crippen molar-refractivity contribution in [3.63, 3.8) is 0 Å². The molecular weight excluding hydrogens is 436 g/mol. The number of hydrogen-bond donors (Lipinski definition) is 1. The molecule has 2 rings (SSSR count). The second-order valence-electron chi connectivity index (χ2n) is 11.8. The van der Waals surface area contributed by atoms with Gasteiger partial charge >= 0.3 is 5.97 Å². The minimum absolute atomic E-state index is 0.276. The second kappa shape index (κ2) is 14.1. The quantitative estimate of drug-likeness (QED) is 0.268. The average molecular weight is 489 g/mol. The summed E-state index contributed by atoms with van der Waals surface area (Å²) in [4.78, 5) is 11.3. The number of benzene rings is 1. The summed E-state index contributed by atoms with van der Waals surface area (Å²) in [7, 11) is 0. The van der Waals surface area contributed by atoms with Crippen LogP contribution in [0.4, 0.5) is 0 Å². The Morgan fingerprint density at radius 1 is 0.886 bits per heavy atom. The van der Waals surface area contributed by atoms with Crippen LogP contribution in [0.2, 0.25) is 0 Å². The maximum Gasteiger partial charge on any atom is 0.344 e. The van der Waals surface area contributed by atoms with Crippen LogP contribution in [0.1, 0.15) is 121 Å². The third-order valence-corrected chi connectivity index (χ3v) is 8.05. The third kappa shape index (κ3) is 9.03. The van der Waals surface area contributed by atoms with Crippen LogP contribution in [0.25, 0.3) is 0 Å². The Labute approximate surface area is 215 Å². The van der Waals surface area contributed by atoms with Gasteiger partial charge in [0.2, 0.25) is 0 Å². The lowest BCUT2D eigenvalue weighted by molar-refractivity contribution is -0.144. The molecule has 0 aromatic heterocycles. The first-order valence-electron chi connectivity index (χ1n) is 14.2. The second-order valence-corrected chi connectivity index (χ2v) is 11.8. The van der Waals surface area contributed by atoms with Gasteiger partial charge in [-0.05, 0) is 87.8 Å². The normalized spacial score (nSPS) is 18.0. The number of rotatable bonds is 15. The van der Waals surface area contributed by atoms with Crippen LogP contribution >= 0.6 is 0 Å². The Hall–Kier alpha value is -1.71. The smallest absolute Gasteiger partial charge is 0.344 e. The van der Waals surface area contributed by atoms with Gasteiger partial charge in [-0.2, -0.15) is 0 Å². The lowest BCUT2D eigenvalue weighted by Crippen LogP contribution is -2.26. The highest BCUT2D eigenvalue weighted by Gasteiger charge is 2.28. The van der Waals surface area contributed by atoms with Crippen LogP contribution in [-0.4, -0.2) is 23.3 Å². The summed E-state index contributed by atoms with van der Waals surface area (Å²) in [6.07, 6.45) is 13.2. The molecule has 35 heavy (non-hydrogen) atoms. The van der Waals surface area contributed by atoms with Gasteiger partial charge in [0.05, 0.1) is 6.10 Å². The van der Waals surface area contributed by atoms with Crippen LogP contribution in [0.15, 0.2) is 0 Å². The highest BCUT2D eigenvalue weighted by Crippen LogP contribution is 2.42. The van der Waals surface area contributed by atoms with Crippen LogP contribution in [0, 0.1) is 38.5 Å². The predicted octanol–water partition coefficient (Wildman–Crippen LogP) is 8.60. The Morgan fingerprint density at radius 2 is 1.46 bits per heavy atom. The fraction of sp³-hybridized carbons (Fsp3) is 0.774. The Bertz CT molecular complexity index is 813. The number of fused-ring (bicyclic) bond motifs is 1. The van der Waals surface area contributed by atoms with Gasteiger partial charge in [0.15, 0.2) is 6.10 Å². The van der Waals surface area contributed by atoms with E-state index in [1.165, 1.54) is 56.9 Å². The maximum atomic E-state index is 11.3. The van der Waals surface area contributed by atoms with Crippen molar-refractivity contribution in [2.45, 2.75) is 138 Å². The maximum absolute atomic E-state index is 11.3. The molecule has 0 radical (unpaired) electrons. The minimum atomic E-state index is -0.944. The van der Waals surface area contributed by atoms with E-state index in [1.54, 1.807) is 6.92 Å². The monoisotopic (exact) mass is 488 g/mol. The van der Waals surface area contributed by atoms with Crippen molar-refractivity contribution in [3.05, 3.63) is 22.3 Å². The van der Waals surface area contributed by atoms with Crippen LogP contribution < -0.4 is 9.47 Å². The molecule has 0 spiro atoms. The van der Waals surface area contributed by atoms with E-state index in [1.807, 2.05) is 13.8 Å². The Morgan fingerprint density at radius 3 is 2.03 bits per heavy atom. The van der Waals surface area contributed by atoms with Crippen LogP contribution in [0.5, 0.6) is 11.5 Å². The molecule has 0 saturated heterocycles. The standard InChI is InChI=1S/C31H52O4/c1-20(2)12-9-13-21(3)14-10-15-22(4)16-11-17-27-18-19-28-25(7)29(34-26(8)31(32)33)23(5)24(6)30(28)35-27/h20-22,26-27H,9-19H2,1-8H3,(H,32,33). The lowest BCUT2D eigenvalue weighted by atomic mass is 9.89. The lowest BCUT2D eigenvalue weighted by Gasteiger charge is -2.31. The van der Waals surface area contributed by atoms with Crippen molar-refractivity contribution >= 4 is 5.97 Å². The van der Waals surface area contributed by atoms with Gasteiger partial charge < -0.3 is 14.6 Å². The van der Waals surface area contributed by atoms with Crippen LogP contribution in [0.3, 0.4) is 0 Å². The molecule has 1 N–H and O–H groups in total. The van der Waals surface area contributed by atoms with Crippen molar-refractivity contribution in [1.82, 2.24) is 0 Å². The van der Waals surface area contributed by atoms with Gasteiger partial charge in [0, 0.05) is 5.56 Å². The molecular formula is C31H52O4. The SMILES string of the molecule is Cc1c(C)c2c(c(C)c1OC(C)C(=O)O)CCC(CCCC(C)CCCC(C)CCCC(C)C)O2. The molecule has 200 valence electrons. The average Bonchev–Trinajstić information content (AvgIpc) is 2.79. The molecule has 1 aliphatic rings. The zero-order valence-corrected chi connectivity index (χ0v) is 23.8. The Balaban J connectivity index is 1.79. The summed E-state index contributed by atoms with van der Waals surface area (Å²) in [6, 6.07) is 0. The van der Waals surface area contributed by atoms with Crippen molar-refractivity contribution in [2.24, 2.45) is 17.8 Å². The zero-order chi connectivity index (χ0) is 26.1. The third-order valence-electron chi connectivity index (χ3n) is 8.05. The minimum Gasteiger partial charge on any atom is -0.490 e. The Kier molecular flexibility index (Phi) is 11.9. The molecule has 4 unspecified atom stereocenters. The van der Waals surface area contributed by atoms with E-state index >= 15 is 0 Å². The first kappa shape index (κ1) is 29.5. The highest BCUT2D eigenvalue weighted by atomic mass is 16.5. The van der Waals surface area contributed by atoms with Gasteiger partial charge in [0.1, 0.15) is 11.5 Å². The topological polar surface area (TPSA) is 55.8 Å². The largest absolute Gasteiger partial charge is 0.490 e. The van der Waals surface area contributed by atoms with Crippen LogP contribution in [-0.2, 0) is 11.2 Å². The first-order valence-corrected chi connectivity index (χ1v) is 14.2.